The molecule has 82 valence electrons. The van der Waals surface area contributed by atoms with Crippen molar-refractivity contribution < 1.29 is 9.13 Å². The number of anilines is 1. The van der Waals surface area contributed by atoms with Gasteiger partial charge in [-0.3, -0.25) is 0 Å². The molecule has 0 saturated carbocycles. The molecule has 1 aromatic heterocycles. The second kappa shape index (κ2) is 4.14. The SMILES string of the molecule is Cc1ccc(F)nc1N1CCO[C@@H](C)C1. The van der Waals surface area contributed by atoms with E-state index in [0.717, 1.165) is 24.5 Å². The third kappa shape index (κ3) is 2.26. The van der Waals surface area contributed by atoms with Gasteiger partial charge in [-0.05, 0) is 25.5 Å². The van der Waals surface area contributed by atoms with Gasteiger partial charge < -0.3 is 9.64 Å². The predicted octanol–water partition coefficient (Wildman–Crippen LogP) is 1.75. The van der Waals surface area contributed by atoms with Crippen LogP contribution in [0.4, 0.5) is 10.2 Å². The molecule has 0 amide bonds. The van der Waals surface area contributed by atoms with Crippen LogP contribution in [0.5, 0.6) is 0 Å². The summed E-state index contributed by atoms with van der Waals surface area (Å²) < 4.78 is 18.5. The van der Waals surface area contributed by atoms with Crippen molar-refractivity contribution in [2.24, 2.45) is 0 Å². The van der Waals surface area contributed by atoms with Gasteiger partial charge in [-0.1, -0.05) is 6.07 Å². The number of hydrogen-bond donors (Lipinski definition) is 0. The van der Waals surface area contributed by atoms with E-state index in [1.807, 2.05) is 13.8 Å². The lowest BCUT2D eigenvalue weighted by molar-refractivity contribution is 0.0528. The van der Waals surface area contributed by atoms with Gasteiger partial charge in [-0.2, -0.15) is 4.39 Å². The van der Waals surface area contributed by atoms with Gasteiger partial charge in [0.15, 0.2) is 0 Å². The molecule has 1 aliphatic rings. The molecule has 1 atom stereocenters. The van der Waals surface area contributed by atoms with Crippen molar-refractivity contribution in [3.8, 4) is 0 Å². The van der Waals surface area contributed by atoms with Gasteiger partial charge >= 0.3 is 0 Å². The molecule has 0 unspecified atom stereocenters. The summed E-state index contributed by atoms with van der Waals surface area (Å²) in [6.45, 7) is 6.19. The lowest BCUT2D eigenvalue weighted by atomic mass is 10.2. The van der Waals surface area contributed by atoms with Crippen molar-refractivity contribution in [3.05, 3.63) is 23.6 Å². The Kier molecular flexibility index (Phi) is 2.86. The Labute approximate surface area is 88.9 Å². The summed E-state index contributed by atoms with van der Waals surface area (Å²) in [5.74, 6) is 0.319. The maximum Gasteiger partial charge on any atom is 0.214 e. The Morgan fingerprint density at radius 1 is 1.53 bits per heavy atom. The van der Waals surface area contributed by atoms with Crippen LogP contribution in [-0.2, 0) is 4.74 Å². The van der Waals surface area contributed by atoms with Crippen LogP contribution >= 0.6 is 0 Å². The molecule has 1 aromatic rings. The normalized spacial score (nSPS) is 21.8. The predicted molar refractivity (Wildman–Crippen MR) is 56.6 cm³/mol. The lowest BCUT2D eigenvalue weighted by Gasteiger charge is -2.32. The molecule has 0 spiro atoms. The highest BCUT2D eigenvalue weighted by molar-refractivity contribution is 5.46. The smallest absolute Gasteiger partial charge is 0.214 e. The first-order valence-corrected chi connectivity index (χ1v) is 5.16. The maximum atomic E-state index is 13.0. The van der Waals surface area contributed by atoms with Crippen molar-refractivity contribution in [1.29, 1.82) is 0 Å². The molecule has 4 heteroatoms. The summed E-state index contributed by atoms with van der Waals surface area (Å²) in [7, 11) is 0. The van der Waals surface area contributed by atoms with Crippen LogP contribution in [0.25, 0.3) is 0 Å². The molecular formula is C11H15FN2O. The van der Waals surface area contributed by atoms with E-state index in [0.29, 0.717) is 6.61 Å². The van der Waals surface area contributed by atoms with Gasteiger partial charge in [0.25, 0.3) is 0 Å². The molecule has 0 aromatic carbocycles. The van der Waals surface area contributed by atoms with Gasteiger partial charge in [0.05, 0.1) is 12.7 Å². The van der Waals surface area contributed by atoms with E-state index in [1.54, 1.807) is 6.07 Å². The lowest BCUT2D eigenvalue weighted by Crippen LogP contribution is -2.41. The molecule has 0 bridgehead atoms. The zero-order valence-corrected chi connectivity index (χ0v) is 9.03. The maximum absolute atomic E-state index is 13.0. The van der Waals surface area contributed by atoms with Crippen LogP contribution < -0.4 is 4.90 Å². The van der Waals surface area contributed by atoms with Gasteiger partial charge in [-0.15, -0.1) is 0 Å². The van der Waals surface area contributed by atoms with Gasteiger partial charge in [0.1, 0.15) is 5.82 Å². The highest BCUT2D eigenvalue weighted by atomic mass is 19.1. The van der Waals surface area contributed by atoms with E-state index in [4.69, 9.17) is 4.74 Å². The molecule has 0 aliphatic carbocycles. The number of halogens is 1. The number of ether oxygens (including phenoxy) is 1. The van der Waals surface area contributed by atoms with Crippen LogP contribution in [0.3, 0.4) is 0 Å². The molecule has 0 radical (unpaired) electrons. The van der Waals surface area contributed by atoms with Crippen LogP contribution in [-0.4, -0.2) is 30.8 Å². The topological polar surface area (TPSA) is 25.4 Å². The highest BCUT2D eigenvalue weighted by Gasteiger charge is 2.19. The zero-order valence-electron chi connectivity index (χ0n) is 9.03. The standard InChI is InChI=1S/C11H15FN2O/c1-8-3-4-10(12)13-11(8)14-5-6-15-9(2)7-14/h3-4,9H,5-7H2,1-2H3/t9-/m0/s1. The monoisotopic (exact) mass is 210 g/mol. The molecule has 15 heavy (non-hydrogen) atoms. The first-order valence-electron chi connectivity index (χ1n) is 5.16. The van der Waals surface area contributed by atoms with E-state index in [2.05, 4.69) is 9.88 Å². The second-order valence-electron chi connectivity index (χ2n) is 3.90. The fourth-order valence-electron chi connectivity index (χ4n) is 1.83. The molecule has 1 saturated heterocycles. The number of aromatic nitrogens is 1. The Morgan fingerprint density at radius 2 is 2.33 bits per heavy atom. The summed E-state index contributed by atoms with van der Waals surface area (Å²) in [6, 6.07) is 3.15. The number of aryl methyl sites for hydroxylation is 1. The average molecular weight is 210 g/mol. The fourth-order valence-corrected chi connectivity index (χ4v) is 1.83. The van der Waals surface area contributed by atoms with Crippen LogP contribution in [0.1, 0.15) is 12.5 Å². The Balaban J connectivity index is 2.24. The largest absolute Gasteiger partial charge is 0.375 e. The molecular weight excluding hydrogens is 195 g/mol. The van der Waals surface area contributed by atoms with Crippen molar-refractivity contribution in [3.63, 3.8) is 0 Å². The number of rotatable bonds is 1. The summed E-state index contributed by atoms with van der Waals surface area (Å²) in [6.07, 6.45) is 0.184. The van der Waals surface area contributed by atoms with E-state index in [1.165, 1.54) is 6.07 Å². The van der Waals surface area contributed by atoms with Crippen LogP contribution in [0.2, 0.25) is 0 Å². The zero-order chi connectivity index (χ0) is 10.8. The first kappa shape index (κ1) is 10.4. The third-order valence-corrected chi connectivity index (χ3v) is 2.58. The van der Waals surface area contributed by atoms with E-state index in [-0.39, 0.29) is 6.10 Å². The number of pyridine rings is 1. The van der Waals surface area contributed by atoms with Gasteiger partial charge in [0, 0.05) is 13.1 Å². The average Bonchev–Trinajstić information content (AvgIpc) is 2.22. The second-order valence-corrected chi connectivity index (χ2v) is 3.90. The highest BCUT2D eigenvalue weighted by Crippen LogP contribution is 2.19. The van der Waals surface area contributed by atoms with E-state index < -0.39 is 5.95 Å². The van der Waals surface area contributed by atoms with Crippen LogP contribution in [0.15, 0.2) is 12.1 Å². The minimum atomic E-state index is -0.422. The van der Waals surface area contributed by atoms with Gasteiger partial charge in [0.2, 0.25) is 5.95 Å². The molecule has 1 fully saturated rings. The van der Waals surface area contributed by atoms with Crippen molar-refractivity contribution in [1.82, 2.24) is 4.98 Å². The van der Waals surface area contributed by atoms with Crippen molar-refractivity contribution in [2.75, 3.05) is 24.6 Å². The number of hydrogen-bond acceptors (Lipinski definition) is 3. The summed E-state index contributed by atoms with van der Waals surface area (Å²) in [4.78, 5) is 6.01. The number of morpholine rings is 1. The van der Waals surface area contributed by atoms with Crippen molar-refractivity contribution >= 4 is 5.82 Å². The Hall–Kier alpha value is -1.16. The Morgan fingerprint density at radius 3 is 3.07 bits per heavy atom. The van der Waals surface area contributed by atoms with Gasteiger partial charge in [-0.25, -0.2) is 4.98 Å². The quantitative estimate of drug-likeness (QED) is 0.660. The summed E-state index contributed by atoms with van der Waals surface area (Å²) >= 11 is 0. The summed E-state index contributed by atoms with van der Waals surface area (Å²) in [5.41, 5.74) is 1.01. The minimum absolute atomic E-state index is 0.184. The fraction of sp³-hybridized carbons (Fsp3) is 0.545. The third-order valence-electron chi connectivity index (χ3n) is 2.58. The minimum Gasteiger partial charge on any atom is -0.375 e. The Bertz CT molecular complexity index is 356. The van der Waals surface area contributed by atoms with E-state index in [9.17, 15) is 4.39 Å². The molecule has 2 heterocycles. The molecule has 2 rings (SSSR count). The van der Waals surface area contributed by atoms with Crippen LogP contribution in [0, 0.1) is 12.9 Å². The first-order chi connectivity index (χ1) is 7.16. The molecule has 0 N–H and O–H groups in total. The molecule has 3 nitrogen and oxygen atoms in total. The molecule has 1 aliphatic heterocycles. The number of nitrogens with zero attached hydrogens (tertiary/aromatic N) is 2. The van der Waals surface area contributed by atoms with Crippen molar-refractivity contribution in [2.45, 2.75) is 20.0 Å². The van der Waals surface area contributed by atoms with E-state index >= 15 is 0 Å². The summed E-state index contributed by atoms with van der Waals surface area (Å²) in [5, 5.41) is 0.